The van der Waals surface area contributed by atoms with Gasteiger partial charge in [-0.15, -0.1) is 0 Å². The number of ether oxygens (including phenoxy) is 3. The van der Waals surface area contributed by atoms with Crippen molar-refractivity contribution in [2.45, 2.75) is 53.5 Å². The second-order valence-electron chi connectivity index (χ2n) is 9.38. The van der Waals surface area contributed by atoms with Crippen LogP contribution in [0.2, 0.25) is 0 Å². The van der Waals surface area contributed by atoms with Gasteiger partial charge in [0.25, 0.3) is 5.56 Å². The van der Waals surface area contributed by atoms with Gasteiger partial charge in [-0.25, -0.2) is 9.79 Å². The summed E-state index contributed by atoms with van der Waals surface area (Å²) < 4.78 is 19.0. The SMILES string of the molecule is CCOC(=O)C1=C(C)N=c2s/c(=C\c3cc(C(C)C)c(OC)cc3C)c(=O)n2[C@@H]1c1ccccc1OCC. The van der Waals surface area contributed by atoms with E-state index in [-0.39, 0.29) is 18.1 Å². The molecule has 1 aromatic heterocycles. The zero-order valence-electron chi connectivity index (χ0n) is 23.0. The molecule has 0 saturated heterocycles. The molecule has 1 aliphatic rings. The van der Waals surface area contributed by atoms with Crippen molar-refractivity contribution in [3.8, 4) is 11.5 Å². The topological polar surface area (TPSA) is 79.1 Å². The zero-order chi connectivity index (χ0) is 27.6. The predicted octanol–water partition coefficient (Wildman–Crippen LogP) is 4.64. The first kappa shape index (κ1) is 27.4. The van der Waals surface area contributed by atoms with Gasteiger partial charge in [0.1, 0.15) is 17.5 Å². The van der Waals surface area contributed by atoms with Crippen LogP contribution in [0.1, 0.15) is 68.8 Å². The van der Waals surface area contributed by atoms with Crippen LogP contribution >= 0.6 is 11.3 Å². The molecule has 0 fully saturated rings. The maximum atomic E-state index is 14.0. The first-order valence-electron chi connectivity index (χ1n) is 12.8. The highest BCUT2D eigenvalue weighted by atomic mass is 32.1. The molecule has 7 nitrogen and oxygen atoms in total. The van der Waals surface area contributed by atoms with E-state index >= 15 is 0 Å². The van der Waals surface area contributed by atoms with Crippen LogP contribution in [0.25, 0.3) is 6.08 Å². The Labute approximate surface area is 226 Å². The number of nitrogens with zero attached hydrogens (tertiary/aromatic N) is 2. The number of methoxy groups -OCH3 is 1. The average molecular weight is 535 g/mol. The molecule has 0 bridgehead atoms. The number of benzene rings is 2. The Balaban J connectivity index is 1.99. The molecule has 200 valence electrons. The molecule has 0 radical (unpaired) electrons. The molecule has 3 aromatic rings. The van der Waals surface area contributed by atoms with Crippen LogP contribution in [0, 0.1) is 6.92 Å². The van der Waals surface area contributed by atoms with Gasteiger partial charge in [-0.3, -0.25) is 9.36 Å². The summed E-state index contributed by atoms with van der Waals surface area (Å²) in [4.78, 5) is 32.4. The molecule has 4 rings (SSSR count). The van der Waals surface area contributed by atoms with Crippen molar-refractivity contribution in [3.05, 3.63) is 89.6 Å². The fourth-order valence-electron chi connectivity index (χ4n) is 4.72. The monoisotopic (exact) mass is 534 g/mol. The minimum absolute atomic E-state index is 0.217. The van der Waals surface area contributed by atoms with Crippen LogP contribution in [0.5, 0.6) is 11.5 Å². The highest BCUT2D eigenvalue weighted by Gasteiger charge is 2.35. The number of carbonyl (C=O) groups excluding carboxylic acids is 1. The standard InChI is InChI=1S/C30H34N2O5S/c1-8-36-23-13-11-10-12-21(23)27-26(29(34)37-9-2)19(6)31-30-32(27)28(33)25(38-30)16-20-15-22(17(3)4)24(35-7)14-18(20)5/h10-17,27H,8-9H2,1-7H3/b25-16-/t27-/m1/s1. The van der Waals surface area contributed by atoms with E-state index in [0.717, 1.165) is 22.4 Å². The predicted molar refractivity (Wildman–Crippen MR) is 150 cm³/mol. The summed E-state index contributed by atoms with van der Waals surface area (Å²) in [6, 6.07) is 10.8. The molecule has 0 spiro atoms. The van der Waals surface area contributed by atoms with Gasteiger partial charge in [0.15, 0.2) is 4.80 Å². The Hall–Kier alpha value is -3.65. The van der Waals surface area contributed by atoms with E-state index in [9.17, 15) is 9.59 Å². The van der Waals surface area contributed by atoms with E-state index in [0.29, 0.717) is 38.5 Å². The van der Waals surface area contributed by atoms with Crippen LogP contribution in [0.15, 0.2) is 57.5 Å². The fraction of sp³-hybridized carbons (Fsp3) is 0.367. The molecule has 0 saturated carbocycles. The van der Waals surface area contributed by atoms with E-state index in [4.69, 9.17) is 14.2 Å². The van der Waals surface area contributed by atoms with Crippen LogP contribution in [-0.2, 0) is 9.53 Å². The van der Waals surface area contributed by atoms with E-state index in [1.165, 1.54) is 11.3 Å². The summed E-state index contributed by atoms with van der Waals surface area (Å²) in [6.45, 7) is 12.3. The number of fused-ring (bicyclic) bond motifs is 1. The smallest absolute Gasteiger partial charge is 0.338 e. The van der Waals surface area contributed by atoms with Gasteiger partial charge < -0.3 is 14.2 Å². The van der Waals surface area contributed by atoms with E-state index < -0.39 is 12.0 Å². The van der Waals surface area contributed by atoms with Crippen molar-refractivity contribution >= 4 is 23.4 Å². The van der Waals surface area contributed by atoms with Gasteiger partial charge in [-0.05, 0) is 74.6 Å². The Morgan fingerprint density at radius 1 is 1.13 bits per heavy atom. The number of hydrogen-bond acceptors (Lipinski definition) is 7. The van der Waals surface area contributed by atoms with Gasteiger partial charge in [-0.2, -0.15) is 0 Å². The number of esters is 1. The third-order valence-electron chi connectivity index (χ3n) is 6.56. The number of carbonyl (C=O) groups is 1. The lowest BCUT2D eigenvalue weighted by atomic mass is 9.95. The third-order valence-corrected chi connectivity index (χ3v) is 7.54. The lowest BCUT2D eigenvalue weighted by Gasteiger charge is -2.26. The van der Waals surface area contributed by atoms with Crippen molar-refractivity contribution in [1.29, 1.82) is 0 Å². The molecule has 2 aromatic carbocycles. The Morgan fingerprint density at radius 2 is 1.87 bits per heavy atom. The molecule has 38 heavy (non-hydrogen) atoms. The molecule has 2 heterocycles. The van der Waals surface area contributed by atoms with E-state index in [1.54, 1.807) is 25.5 Å². The van der Waals surface area contributed by atoms with Gasteiger partial charge in [0.05, 0.1) is 36.1 Å². The van der Waals surface area contributed by atoms with Crippen molar-refractivity contribution in [2.24, 2.45) is 4.99 Å². The lowest BCUT2D eigenvalue weighted by molar-refractivity contribution is -0.139. The number of aryl methyl sites for hydroxylation is 1. The summed E-state index contributed by atoms with van der Waals surface area (Å²) in [5.41, 5.74) is 4.35. The number of rotatable bonds is 8. The quantitative estimate of drug-likeness (QED) is 0.394. The average Bonchev–Trinajstić information content (AvgIpc) is 3.18. The third kappa shape index (κ3) is 5.05. The first-order chi connectivity index (χ1) is 18.2. The van der Waals surface area contributed by atoms with Gasteiger partial charge in [0, 0.05) is 5.56 Å². The molecule has 8 heteroatoms. The summed E-state index contributed by atoms with van der Waals surface area (Å²) in [5.74, 6) is 1.20. The molecular formula is C30H34N2O5S. The number of hydrogen-bond donors (Lipinski definition) is 0. The number of para-hydroxylation sites is 1. The van der Waals surface area contributed by atoms with Crippen LogP contribution in [-0.4, -0.2) is 30.9 Å². The molecule has 0 unspecified atom stereocenters. The molecule has 1 aliphatic heterocycles. The van der Waals surface area contributed by atoms with Crippen molar-refractivity contribution < 1.29 is 19.0 Å². The van der Waals surface area contributed by atoms with Crippen LogP contribution in [0.4, 0.5) is 0 Å². The molecule has 0 aliphatic carbocycles. The lowest BCUT2D eigenvalue weighted by Crippen LogP contribution is -2.40. The van der Waals surface area contributed by atoms with Crippen LogP contribution < -0.4 is 24.4 Å². The van der Waals surface area contributed by atoms with E-state index in [2.05, 4.69) is 24.9 Å². The Bertz CT molecular complexity index is 1580. The Kier molecular flexibility index (Phi) is 8.21. The summed E-state index contributed by atoms with van der Waals surface area (Å²) in [5, 5.41) is 0. The van der Waals surface area contributed by atoms with Crippen molar-refractivity contribution in [1.82, 2.24) is 4.57 Å². The molecular weight excluding hydrogens is 500 g/mol. The van der Waals surface area contributed by atoms with Crippen LogP contribution in [0.3, 0.4) is 0 Å². The number of aromatic nitrogens is 1. The first-order valence-corrected chi connectivity index (χ1v) is 13.6. The van der Waals surface area contributed by atoms with Crippen molar-refractivity contribution in [2.75, 3.05) is 20.3 Å². The fourth-order valence-corrected chi connectivity index (χ4v) is 5.76. The summed E-state index contributed by atoms with van der Waals surface area (Å²) >= 11 is 1.31. The molecule has 0 N–H and O–H groups in total. The summed E-state index contributed by atoms with van der Waals surface area (Å²) in [7, 11) is 1.67. The minimum atomic E-state index is -0.724. The number of allylic oxidation sites excluding steroid dienone is 1. The minimum Gasteiger partial charge on any atom is -0.496 e. The maximum absolute atomic E-state index is 14.0. The highest BCUT2D eigenvalue weighted by molar-refractivity contribution is 7.07. The maximum Gasteiger partial charge on any atom is 0.338 e. The second kappa shape index (κ2) is 11.4. The largest absolute Gasteiger partial charge is 0.496 e. The highest BCUT2D eigenvalue weighted by Crippen LogP contribution is 2.36. The zero-order valence-corrected chi connectivity index (χ0v) is 23.8. The summed E-state index contributed by atoms with van der Waals surface area (Å²) in [6.07, 6.45) is 1.90. The normalized spacial score (nSPS) is 15.4. The van der Waals surface area contributed by atoms with Crippen molar-refractivity contribution in [3.63, 3.8) is 0 Å². The van der Waals surface area contributed by atoms with Gasteiger partial charge in [-0.1, -0.05) is 43.4 Å². The molecule has 0 amide bonds. The van der Waals surface area contributed by atoms with Gasteiger partial charge in [0.2, 0.25) is 0 Å². The Morgan fingerprint density at radius 3 is 2.53 bits per heavy atom. The van der Waals surface area contributed by atoms with E-state index in [1.807, 2.05) is 50.3 Å². The van der Waals surface area contributed by atoms with Gasteiger partial charge >= 0.3 is 5.97 Å². The number of thiazole rings is 1. The second-order valence-corrected chi connectivity index (χ2v) is 10.4. The molecule has 1 atom stereocenters.